The van der Waals surface area contributed by atoms with Crippen molar-refractivity contribution in [3.8, 4) is 0 Å². The Morgan fingerprint density at radius 3 is 0.795 bits per heavy atom. The SMILES string of the molecule is CC/C=C\C/C=C\C/C=C\C/C=C\CCCCCCCCCCCCCCCCCCCCCCCCC(=O)OCC(COC(=O)CCCCCCCCCCCCCC)OC(=O)CCCCC/C=C\C/C=C\C/C=C\CC. The Bertz CT molecular complexity index is 1480. The molecule has 1 unspecified atom stereocenters. The number of allylic oxidation sites excluding steroid dienone is 14. The highest BCUT2D eigenvalue weighted by atomic mass is 16.6. The molecule has 0 radical (unpaired) electrons. The molecule has 0 amide bonds. The molecule has 0 aromatic carbocycles. The van der Waals surface area contributed by atoms with Crippen molar-refractivity contribution in [2.45, 2.75) is 341 Å². The van der Waals surface area contributed by atoms with Crippen LogP contribution in [0.4, 0.5) is 0 Å². The van der Waals surface area contributed by atoms with Crippen molar-refractivity contribution in [2.75, 3.05) is 13.2 Å². The summed E-state index contributed by atoms with van der Waals surface area (Å²) in [5, 5.41) is 0. The van der Waals surface area contributed by atoms with Gasteiger partial charge in [0, 0.05) is 19.3 Å². The van der Waals surface area contributed by atoms with Gasteiger partial charge in [0.2, 0.25) is 0 Å². The van der Waals surface area contributed by atoms with Crippen molar-refractivity contribution in [1.29, 1.82) is 0 Å². The Morgan fingerprint density at radius 1 is 0.269 bits per heavy atom. The second-order valence-electron chi connectivity index (χ2n) is 22.3. The number of esters is 3. The van der Waals surface area contributed by atoms with E-state index in [9.17, 15) is 14.4 Å². The maximum Gasteiger partial charge on any atom is 0.306 e. The van der Waals surface area contributed by atoms with E-state index in [2.05, 4.69) is 106 Å². The molecule has 78 heavy (non-hydrogen) atoms. The van der Waals surface area contributed by atoms with Gasteiger partial charge < -0.3 is 14.2 Å². The van der Waals surface area contributed by atoms with Crippen molar-refractivity contribution >= 4 is 17.9 Å². The molecule has 0 fully saturated rings. The number of carbonyl (C=O) groups excluding carboxylic acids is 3. The van der Waals surface area contributed by atoms with Crippen LogP contribution in [0.15, 0.2) is 85.1 Å². The fourth-order valence-electron chi connectivity index (χ4n) is 9.69. The Kier molecular flexibility index (Phi) is 63.2. The first-order chi connectivity index (χ1) is 38.5. The highest BCUT2D eigenvalue weighted by Crippen LogP contribution is 2.18. The van der Waals surface area contributed by atoms with Crippen LogP contribution in [0.1, 0.15) is 335 Å². The Balaban J connectivity index is 4.04. The maximum absolute atomic E-state index is 12.8. The van der Waals surface area contributed by atoms with Crippen LogP contribution in [-0.4, -0.2) is 37.2 Å². The van der Waals surface area contributed by atoms with Gasteiger partial charge in [-0.2, -0.15) is 0 Å². The second kappa shape index (κ2) is 66.1. The largest absolute Gasteiger partial charge is 0.462 e. The van der Waals surface area contributed by atoms with Crippen LogP contribution < -0.4 is 0 Å². The van der Waals surface area contributed by atoms with E-state index >= 15 is 0 Å². The number of carbonyl (C=O) groups is 3. The van der Waals surface area contributed by atoms with Gasteiger partial charge in [-0.3, -0.25) is 14.4 Å². The molecule has 0 aliphatic carbocycles. The van der Waals surface area contributed by atoms with Gasteiger partial charge in [-0.15, -0.1) is 0 Å². The lowest BCUT2D eigenvalue weighted by molar-refractivity contribution is -0.167. The van der Waals surface area contributed by atoms with E-state index in [0.717, 1.165) is 109 Å². The molecule has 0 aromatic rings. The minimum atomic E-state index is -0.787. The van der Waals surface area contributed by atoms with Crippen molar-refractivity contribution in [3.63, 3.8) is 0 Å². The quantitative estimate of drug-likeness (QED) is 0.0261. The van der Waals surface area contributed by atoms with Crippen molar-refractivity contribution < 1.29 is 28.6 Å². The molecule has 0 N–H and O–H groups in total. The molecule has 0 aliphatic rings. The zero-order valence-electron chi connectivity index (χ0n) is 51.7. The number of hydrogen-bond donors (Lipinski definition) is 0. The first-order valence-electron chi connectivity index (χ1n) is 33.6. The molecular weight excluding hydrogens is 961 g/mol. The molecule has 0 rings (SSSR count). The molecule has 0 saturated heterocycles. The van der Waals surface area contributed by atoms with Gasteiger partial charge in [0.15, 0.2) is 6.10 Å². The van der Waals surface area contributed by atoms with E-state index in [1.54, 1.807) is 0 Å². The predicted molar refractivity (Wildman–Crippen MR) is 339 cm³/mol. The average Bonchev–Trinajstić information content (AvgIpc) is 3.44. The van der Waals surface area contributed by atoms with E-state index in [4.69, 9.17) is 14.2 Å². The number of unbranched alkanes of at least 4 members (excludes halogenated alkanes) is 36. The minimum Gasteiger partial charge on any atom is -0.462 e. The summed E-state index contributed by atoms with van der Waals surface area (Å²) in [5.74, 6) is -0.897. The Labute approximate surface area is 484 Å². The third kappa shape index (κ3) is 63.4. The highest BCUT2D eigenvalue weighted by molar-refractivity contribution is 5.71. The average molecular weight is 1090 g/mol. The summed E-state index contributed by atoms with van der Waals surface area (Å²) in [6, 6.07) is 0. The predicted octanol–water partition coefficient (Wildman–Crippen LogP) is 23.1. The fourth-order valence-corrected chi connectivity index (χ4v) is 9.69. The van der Waals surface area contributed by atoms with Crippen LogP contribution in [0.5, 0.6) is 0 Å². The van der Waals surface area contributed by atoms with Gasteiger partial charge in [0.1, 0.15) is 13.2 Å². The fraction of sp³-hybridized carbons (Fsp3) is 0.764. The summed E-state index contributed by atoms with van der Waals surface area (Å²) in [6.07, 6.45) is 87.8. The van der Waals surface area contributed by atoms with E-state index in [-0.39, 0.29) is 31.1 Å². The summed E-state index contributed by atoms with van der Waals surface area (Å²) < 4.78 is 16.9. The molecule has 0 bridgehead atoms. The Morgan fingerprint density at radius 2 is 0.500 bits per heavy atom. The van der Waals surface area contributed by atoms with Crippen LogP contribution in [0, 0.1) is 0 Å². The van der Waals surface area contributed by atoms with Crippen LogP contribution in [-0.2, 0) is 28.6 Å². The molecule has 6 heteroatoms. The monoisotopic (exact) mass is 1090 g/mol. The maximum atomic E-state index is 12.8. The van der Waals surface area contributed by atoms with Crippen LogP contribution in [0.3, 0.4) is 0 Å². The molecule has 6 nitrogen and oxygen atoms in total. The van der Waals surface area contributed by atoms with Crippen molar-refractivity contribution in [3.05, 3.63) is 85.1 Å². The standard InChI is InChI=1S/C72H126O6/c1-4-7-10-13-16-19-22-25-26-27-28-29-30-31-32-33-34-35-36-37-38-39-40-41-42-43-44-45-46-48-50-53-56-59-62-65-71(74)77-68-69(67-76-70(73)64-61-58-55-52-49-24-21-18-15-12-9-6-3)78-72(75)66-63-60-57-54-51-47-23-20-17-14-11-8-5-2/h7-8,10-11,16-17,19-20,25-26,28-29,47,51,69H,4-6,9,12-15,18,21-24,27,30-46,48-50,52-68H2,1-3H3/b10-7-,11-8-,19-16-,20-17-,26-25-,29-28-,51-47-. The lowest BCUT2D eigenvalue weighted by atomic mass is 10.0. The smallest absolute Gasteiger partial charge is 0.306 e. The van der Waals surface area contributed by atoms with E-state index in [1.807, 2.05) is 0 Å². The van der Waals surface area contributed by atoms with Crippen molar-refractivity contribution in [1.82, 2.24) is 0 Å². The minimum absolute atomic E-state index is 0.0828. The zero-order chi connectivity index (χ0) is 56.4. The van der Waals surface area contributed by atoms with E-state index in [0.29, 0.717) is 19.3 Å². The second-order valence-corrected chi connectivity index (χ2v) is 22.3. The molecule has 0 saturated carbocycles. The molecule has 0 aromatic heterocycles. The third-order valence-electron chi connectivity index (χ3n) is 14.6. The topological polar surface area (TPSA) is 78.9 Å². The van der Waals surface area contributed by atoms with E-state index in [1.165, 1.54) is 186 Å². The van der Waals surface area contributed by atoms with Gasteiger partial charge in [-0.1, -0.05) is 311 Å². The molecule has 0 aliphatic heterocycles. The van der Waals surface area contributed by atoms with Crippen LogP contribution in [0.25, 0.3) is 0 Å². The lowest BCUT2D eigenvalue weighted by Crippen LogP contribution is -2.30. The molecule has 450 valence electrons. The summed E-state index contributed by atoms with van der Waals surface area (Å²) in [6.45, 7) is 6.42. The van der Waals surface area contributed by atoms with Gasteiger partial charge in [0.25, 0.3) is 0 Å². The molecular formula is C72H126O6. The summed E-state index contributed by atoms with van der Waals surface area (Å²) in [5.41, 5.74) is 0. The number of ether oxygens (including phenoxy) is 3. The number of hydrogen-bond acceptors (Lipinski definition) is 6. The van der Waals surface area contributed by atoms with E-state index < -0.39 is 6.10 Å². The molecule has 0 spiro atoms. The lowest BCUT2D eigenvalue weighted by Gasteiger charge is -2.18. The number of rotatable bonds is 61. The van der Waals surface area contributed by atoms with Gasteiger partial charge in [-0.25, -0.2) is 0 Å². The zero-order valence-corrected chi connectivity index (χ0v) is 51.7. The molecule has 1 atom stereocenters. The van der Waals surface area contributed by atoms with Gasteiger partial charge in [0.05, 0.1) is 0 Å². The highest BCUT2D eigenvalue weighted by Gasteiger charge is 2.19. The normalized spacial score (nSPS) is 12.6. The molecule has 0 heterocycles. The van der Waals surface area contributed by atoms with Crippen LogP contribution in [0.2, 0.25) is 0 Å². The summed E-state index contributed by atoms with van der Waals surface area (Å²) in [7, 11) is 0. The summed E-state index contributed by atoms with van der Waals surface area (Å²) in [4.78, 5) is 38.2. The summed E-state index contributed by atoms with van der Waals surface area (Å²) >= 11 is 0. The third-order valence-corrected chi connectivity index (χ3v) is 14.6. The van der Waals surface area contributed by atoms with Gasteiger partial charge in [-0.05, 0) is 89.9 Å². The van der Waals surface area contributed by atoms with Gasteiger partial charge >= 0.3 is 17.9 Å². The first-order valence-corrected chi connectivity index (χ1v) is 33.6. The first kappa shape index (κ1) is 74.6. The van der Waals surface area contributed by atoms with Crippen LogP contribution >= 0.6 is 0 Å². The van der Waals surface area contributed by atoms with Crippen molar-refractivity contribution in [2.24, 2.45) is 0 Å². The Hall–Kier alpha value is -3.41.